The molecule has 0 saturated heterocycles. The van der Waals surface area contributed by atoms with Gasteiger partial charge < -0.3 is 9.47 Å². The fourth-order valence-corrected chi connectivity index (χ4v) is 2.52. The van der Waals surface area contributed by atoms with Crippen molar-refractivity contribution in [2.24, 2.45) is 0 Å². The molecule has 1 aromatic rings. The highest BCUT2D eigenvalue weighted by molar-refractivity contribution is 8.13. The average Bonchev–Trinajstić information content (AvgIpc) is 2.26. The molecule has 0 aliphatic rings. The molecule has 0 N–H and O–H groups in total. The third kappa shape index (κ3) is 4.40. The molecule has 0 amide bonds. The lowest BCUT2D eigenvalue weighted by Gasteiger charge is -2.12. The van der Waals surface area contributed by atoms with Crippen LogP contribution in [0.25, 0.3) is 0 Å². The van der Waals surface area contributed by atoms with Crippen molar-refractivity contribution in [3.05, 3.63) is 23.3 Å². The second-order valence-corrected chi connectivity index (χ2v) is 6.48. The van der Waals surface area contributed by atoms with Crippen LogP contribution in [0.4, 0.5) is 0 Å². The molecule has 19 heavy (non-hydrogen) atoms. The van der Waals surface area contributed by atoms with E-state index in [1.165, 1.54) is 12.1 Å². The van der Waals surface area contributed by atoms with E-state index in [1.807, 2.05) is 0 Å². The SMILES string of the molecule is CCOC(=O)COc1c(C)cc(S(=O)(=O)Cl)cc1C. The Balaban J connectivity index is 2.95. The summed E-state index contributed by atoms with van der Waals surface area (Å²) in [6.07, 6.45) is 0. The predicted molar refractivity (Wildman–Crippen MR) is 71.1 cm³/mol. The van der Waals surface area contributed by atoms with Gasteiger partial charge in [0, 0.05) is 10.7 Å². The number of halogens is 1. The van der Waals surface area contributed by atoms with Gasteiger partial charge in [0.1, 0.15) is 5.75 Å². The number of hydrogen-bond acceptors (Lipinski definition) is 5. The maximum absolute atomic E-state index is 11.3. The van der Waals surface area contributed by atoms with E-state index in [9.17, 15) is 13.2 Å². The summed E-state index contributed by atoms with van der Waals surface area (Å²) in [4.78, 5) is 11.2. The largest absolute Gasteiger partial charge is 0.481 e. The first-order valence-corrected chi connectivity index (χ1v) is 7.91. The summed E-state index contributed by atoms with van der Waals surface area (Å²) in [6, 6.07) is 2.80. The molecular weight excluding hydrogens is 292 g/mol. The van der Waals surface area contributed by atoms with Gasteiger partial charge in [-0.1, -0.05) is 0 Å². The van der Waals surface area contributed by atoms with Crippen LogP contribution in [0.15, 0.2) is 17.0 Å². The van der Waals surface area contributed by atoms with Crippen LogP contribution in [0.5, 0.6) is 5.75 Å². The highest BCUT2D eigenvalue weighted by atomic mass is 35.7. The van der Waals surface area contributed by atoms with Gasteiger partial charge in [-0.05, 0) is 44.0 Å². The second-order valence-electron chi connectivity index (χ2n) is 3.92. The molecule has 0 saturated carbocycles. The zero-order valence-corrected chi connectivity index (χ0v) is 12.5. The Hall–Kier alpha value is -1.27. The van der Waals surface area contributed by atoms with E-state index in [0.717, 1.165) is 0 Å². The number of carbonyl (C=O) groups excluding carboxylic acids is 1. The molecule has 1 aromatic carbocycles. The van der Waals surface area contributed by atoms with Crippen LogP contribution in [0.1, 0.15) is 18.1 Å². The Morgan fingerprint density at radius 1 is 1.26 bits per heavy atom. The Morgan fingerprint density at radius 2 is 1.79 bits per heavy atom. The molecule has 0 spiro atoms. The zero-order valence-electron chi connectivity index (χ0n) is 10.9. The zero-order chi connectivity index (χ0) is 14.6. The van der Waals surface area contributed by atoms with Crippen molar-refractivity contribution in [3.63, 3.8) is 0 Å². The molecule has 5 nitrogen and oxygen atoms in total. The number of carbonyl (C=O) groups is 1. The van der Waals surface area contributed by atoms with Crippen LogP contribution in [-0.2, 0) is 18.6 Å². The van der Waals surface area contributed by atoms with Crippen LogP contribution in [0, 0.1) is 13.8 Å². The van der Waals surface area contributed by atoms with E-state index < -0.39 is 15.0 Å². The number of rotatable bonds is 5. The number of ether oxygens (including phenoxy) is 2. The summed E-state index contributed by atoms with van der Waals surface area (Å²) < 4.78 is 32.6. The smallest absolute Gasteiger partial charge is 0.344 e. The molecule has 0 radical (unpaired) electrons. The topological polar surface area (TPSA) is 69.7 Å². The van der Waals surface area contributed by atoms with Crippen molar-refractivity contribution in [1.29, 1.82) is 0 Å². The molecule has 106 valence electrons. The number of esters is 1. The third-order valence-corrected chi connectivity index (χ3v) is 3.69. The van der Waals surface area contributed by atoms with Gasteiger partial charge in [0.25, 0.3) is 9.05 Å². The summed E-state index contributed by atoms with van der Waals surface area (Å²) in [5, 5.41) is 0. The van der Waals surface area contributed by atoms with Crippen LogP contribution in [0.2, 0.25) is 0 Å². The van der Waals surface area contributed by atoms with Gasteiger partial charge in [-0.25, -0.2) is 13.2 Å². The number of benzene rings is 1. The normalized spacial score (nSPS) is 11.2. The lowest BCUT2D eigenvalue weighted by Crippen LogP contribution is -2.15. The maximum atomic E-state index is 11.3. The highest BCUT2D eigenvalue weighted by Crippen LogP contribution is 2.28. The summed E-state index contributed by atoms with van der Waals surface area (Å²) in [6.45, 7) is 5.12. The third-order valence-electron chi connectivity index (χ3n) is 2.36. The fraction of sp³-hybridized carbons (Fsp3) is 0.417. The van der Waals surface area contributed by atoms with Crippen molar-refractivity contribution in [2.75, 3.05) is 13.2 Å². The second kappa shape index (κ2) is 6.25. The van der Waals surface area contributed by atoms with Crippen molar-refractivity contribution in [2.45, 2.75) is 25.7 Å². The Bertz CT molecular complexity index is 557. The van der Waals surface area contributed by atoms with E-state index in [2.05, 4.69) is 0 Å². The lowest BCUT2D eigenvalue weighted by molar-refractivity contribution is -0.145. The summed E-state index contributed by atoms with van der Waals surface area (Å²) in [5.41, 5.74) is 1.17. The van der Waals surface area contributed by atoms with Gasteiger partial charge in [0.15, 0.2) is 6.61 Å². The molecule has 0 atom stereocenters. The number of aryl methyl sites for hydroxylation is 2. The molecular formula is C12H15ClO5S. The minimum absolute atomic E-state index is 0.00708. The first kappa shape index (κ1) is 15.8. The molecule has 0 heterocycles. The monoisotopic (exact) mass is 306 g/mol. The molecule has 7 heteroatoms. The van der Waals surface area contributed by atoms with Gasteiger partial charge in [0.2, 0.25) is 0 Å². The van der Waals surface area contributed by atoms with Crippen molar-refractivity contribution < 1.29 is 22.7 Å². The first-order valence-electron chi connectivity index (χ1n) is 5.60. The Labute approximate surface area is 116 Å². The fourth-order valence-electron chi connectivity index (χ4n) is 1.61. The summed E-state index contributed by atoms with van der Waals surface area (Å²) >= 11 is 0. The Kier molecular flexibility index (Phi) is 5.20. The van der Waals surface area contributed by atoms with Crippen molar-refractivity contribution >= 4 is 25.7 Å². The van der Waals surface area contributed by atoms with Crippen LogP contribution in [0.3, 0.4) is 0 Å². The van der Waals surface area contributed by atoms with E-state index in [4.69, 9.17) is 20.2 Å². The van der Waals surface area contributed by atoms with Crippen molar-refractivity contribution in [3.8, 4) is 5.75 Å². The molecule has 0 aliphatic heterocycles. The van der Waals surface area contributed by atoms with E-state index in [-0.39, 0.29) is 18.1 Å². The van der Waals surface area contributed by atoms with E-state index >= 15 is 0 Å². The predicted octanol–water partition coefficient (Wildman–Crippen LogP) is 2.17. The standard InChI is InChI=1S/C12H15ClO5S/c1-4-17-11(14)7-18-12-8(2)5-10(6-9(12)3)19(13,15)16/h5-6H,4,7H2,1-3H3. The van der Waals surface area contributed by atoms with Gasteiger partial charge in [-0.2, -0.15) is 0 Å². The molecule has 0 aromatic heterocycles. The molecule has 1 rings (SSSR count). The van der Waals surface area contributed by atoms with E-state index in [0.29, 0.717) is 16.9 Å². The molecule has 0 aliphatic carbocycles. The molecule has 0 unspecified atom stereocenters. The summed E-state index contributed by atoms with van der Waals surface area (Å²) in [7, 11) is 1.50. The van der Waals surface area contributed by atoms with Gasteiger partial charge in [-0.15, -0.1) is 0 Å². The minimum atomic E-state index is -3.78. The quantitative estimate of drug-likeness (QED) is 0.616. The van der Waals surface area contributed by atoms with Gasteiger partial charge in [-0.3, -0.25) is 0 Å². The van der Waals surface area contributed by atoms with Crippen LogP contribution < -0.4 is 4.74 Å². The Morgan fingerprint density at radius 3 is 2.21 bits per heavy atom. The minimum Gasteiger partial charge on any atom is -0.481 e. The lowest BCUT2D eigenvalue weighted by atomic mass is 10.1. The average molecular weight is 307 g/mol. The van der Waals surface area contributed by atoms with Gasteiger partial charge in [0.05, 0.1) is 11.5 Å². The van der Waals surface area contributed by atoms with E-state index in [1.54, 1.807) is 20.8 Å². The first-order chi connectivity index (χ1) is 8.75. The highest BCUT2D eigenvalue weighted by Gasteiger charge is 2.15. The van der Waals surface area contributed by atoms with Crippen LogP contribution >= 0.6 is 10.7 Å². The number of hydrogen-bond donors (Lipinski definition) is 0. The summed E-state index contributed by atoms with van der Waals surface area (Å²) in [5.74, 6) is -0.0209. The molecule has 0 bridgehead atoms. The van der Waals surface area contributed by atoms with Crippen molar-refractivity contribution in [1.82, 2.24) is 0 Å². The molecule has 0 fully saturated rings. The van der Waals surface area contributed by atoms with Gasteiger partial charge >= 0.3 is 5.97 Å². The maximum Gasteiger partial charge on any atom is 0.344 e. The van der Waals surface area contributed by atoms with Crippen LogP contribution in [-0.4, -0.2) is 27.6 Å².